The molecule has 0 aliphatic heterocycles. The molecule has 29 heavy (non-hydrogen) atoms. The second-order valence-corrected chi connectivity index (χ2v) is 8.06. The number of nitrogens with zero attached hydrogens (tertiary/aromatic N) is 6. The molecule has 0 amide bonds. The number of H-pyrrole nitrogens is 1. The van der Waals surface area contributed by atoms with Gasteiger partial charge in [0.25, 0.3) is 0 Å². The van der Waals surface area contributed by atoms with E-state index in [1.54, 1.807) is 4.68 Å². The third kappa shape index (κ3) is 3.41. The normalized spacial score (nSPS) is 11.4. The quantitative estimate of drug-likeness (QED) is 0.455. The van der Waals surface area contributed by atoms with E-state index in [2.05, 4.69) is 15.3 Å². The van der Waals surface area contributed by atoms with E-state index in [-0.39, 0.29) is 0 Å². The molecule has 4 aromatic rings. The lowest BCUT2D eigenvalue weighted by Gasteiger charge is -2.10. The highest BCUT2D eigenvalue weighted by Gasteiger charge is 2.22. The summed E-state index contributed by atoms with van der Waals surface area (Å²) >= 11 is 18.3. The van der Waals surface area contributed by atoms with Crippen molar-refractivity contribution in [3.05, 3.63) is 61.7 Å². The Kier molecular flexibility index (Phi) is 5.10. The van der Waals surface area contributed by atoms with Crippen molar-refractivity contribution in [2.75, 3.05) is 0 Å². The minimum atomic E-state index is 0.455. The van der Waals surface area contributed by atoms with Gasteiger partial charge in [-0.1, -0.05) is 29.3 Å². The fraction of sp³-hybridized carbons (Fsp3) is 0.263. The van der Waals surface area contributed by atoms with Crippen LogP contribution in [0.1, 0.15) is 22.6 Å². The number of halogens is 2. The zero-order valence-electron chi connectivity index (χ0n) is 16.4. The summed E-state index contributed by atoms with van der Waals surface area (Å²) in [7, 11) is 1.88. The Bertz CT molecular complexity index is 1260. The van der Waals surface area contributed by atoms with Gasteiger partial charge >= 0.3 is 0 Å². The lowest BCUT2D eigenvalue weighted by atomic mass is 10.2. The Morgan fingerprint density at radius 1 is 1.10 bits per heavy atom. The van der Waals surface area contributed by atoms with E-state index in [1.165, 1.54) is 0 Å². The summed E-state index contributed by atoms with van der Waals surface area (Å²) in [6, 6.07) is 7.45. The molecule has 0 atom stereocenters. The predicted octanol–water partition coefficient (Wildman–Crippen LogP) is 4.81. The number of aryl methyl sites for hydroxylation is 3. The van der Waals surface area contributed by atoms with Gasteiger partial charge in [0.1, 0.15) is 5.69 Å². The summed E-state index contributed by atoms with van der Waals surface area (Å²) in [5, 5.41) is 17.7. The van der Waals surface area contributed by atoms with Crippen LogP contribution in [0.15, 0.2) is 24.3 Å². The molecule has 1 N–H and O–H groups in total. The van der Waals surface area contributed by atoms with Gasteiger partial charge in [0.15, 0.2) is 10.6 Å². The van der Waals surface area contributed by atoms with Gasteiger partial charge in [-0.25, -0.2) is 0 Å². The fourth-order valence-electron chi connectivity index (χ4n) is 3.49. The van der Waals surface area contributed by atoms with Gasteiger partial charge in [-0.05, 0) is 51.2 Å². The summed E-state index contributed by atoms with van der Waals surface area (Å²) in [4.78, 5) is 0. The van der Waals surface area contributed by atoms with Crippen LogP contribution in [-0.2, 0) is 13.6 Å². The molecule has 0 unspecified atom stereocenters. The van der Waals surface area contributed by atoms with Gasteiger partial charge in [-0.15, -0.1) is 0 Å². The lowest BCUT2D eigenvalue weighted by Crippen LogP contribution is -2.07. The van der Waals surface area contributed by atoms with Crippen molar-refractivity contribution in [2.24, 2.45) is 7.05 Å². The zero-order valence-corrected chi connectivity index (χ0v) is 18.7. The topological polar surface area (TPSA) is 69.2 Å². The van der Waals surface area contributed by atoms with Gasteiger partial charge in [-0.2, -0.15) is 15.3 Å². The monoisotopic (exact) mass is 447 g/mol. The Labute approximate surface area is 182 Å². The maximum atomic E-state index is 6.36. The van der Waals surface area contributed by atoms with Crippen LogP contribution in [0.25, 0.3) is 17.2 Å². The van der Waals surface area contributed by atoms with E-state index >= 15 is 0 Å². The molecule has 0 aliphatic rings. The number of benzene rings is 1. The van der Waals surface area contributed by atoms with Gasteiger partial charge in [0, 0.05) is 22.7 Å². The van der Waals surface area contributed by atoms with E-state index in [4.69, 9.17) is 40.5 Å². The van der Waals surface area contributed by atoms with Crippen LogP contribution >= 0.6 is 35.4 Å². The van der Waals surface area contributed by atoms with Crippen molar-refractivity contribution in [3.63, 3.8) is 0 Å². The Balaban J connectivity index is 1.86. The van der Waals surface area contributed by atoms with E-state index in [0.717, 1.165) is 34.0 Å². The largest absolute Gasteiger partial charge is 0.264 e. The standard InChI is InChI=1S/C19H19Cl2N7S/c1-10-8-16(26(4)24-10)18-22-23-19(29)28(18)17-11(2)25-27(12(17)3)9-13-14(20)6-5-7-15(13)21/h5-8H,9H2,1-4H3,(H,23,29). The molecule has 0 saturated heterocycles. The van der Waals surface area contributed by atoms with Gasteiger partial charge in [-0.3, -0.25) is 19.0 Å². The molecule has 7 nitrogen and oxygen atoms in total. The number of rotatable bonds is 4. The second kappa shape index (κ2) is 7.44. The zero-order chi connectivity index (χ0) is 20.9. The van der Waals surface area contributed by atoms with Crippen LogP contribution in [0.5, 0.6) is 0 Å². The SMILES string of the molecule is Cc1cc(-c2n[nH]c(=S)n2-c2c(C)nn(Cc3c(Cl)cccc3Cl)c2C)n(C)n1. The van der Waals surface area contributed by atoms with Crippen molar-refractivity contribution < 1.29 is 0 Å². The number of hydrogen-bond donors (Lipinski definition) is 1. The van der Waals surface area contributed by atoms with Crippen molar-refractivity contribution >= 4 is 35.4 Å². The minimum Gasteiger partial charge on any atom is -0.264 e. The maximum Gasteiger partial charge on any atom is 0.200 e. The fourth-order valence-corrected chi connectivity index (χ4v) is 4.23. The molecule has 0 aliphatic carbocycles. The first-order valence-electron chi connectivity index (χ1n) is 8.93. The first-order valence-corrected chi connectivity index (χ1v) is 10.1. The lowest BCUT2D eigenvalue weighted by molar-refractivity contribution is 0.658. The van der Waals surface area contributed by atoms with Crippen molar-refractivity contribution in [3.8, 4) is 17.2 Å². The van der Waals surface area contributed by atoms with Crippen molar-refractivity contribution in [2.45, 2.75) is 27.3 Å². The number of aromatic amines is 1. The molecule has 3 heterocycles. The third-order valence-electron chi connectivity index (χ3n) is 4.84. The summed E-state index contributed by atoms with van der Waals surface area (Å²) < 4.78 is 6.05. The van der Waals surface area contributed by atoms with Crippen LogP contribution in [0.4, 0.5) is 0 Å². The summed E-state index contributed by atoms with van der Waals surface area (Å²) in [6.07, 6.45) is 0. The molecular weight excluding hydrogens is 429 g/mol. The first kappa shape index (κ1) is 19.9. The average molecular weight is 448 g/mol. The molecule has 0 radical (unpaired) electrons. The number of aromatic nitrogens is 7. The van der Waals surface area contributed by atoms with E-state index in [9.17, 15) is 0 Å². The molecule has 150 valence electrons. The maximum absolute atomic E-state index is 6.36. The van der Waals surface area contributed by atoms with Crippen molar-refractivity contribution in [1.29, 1.82) is 0 Å². The highest BCUT2D eigenvalue weighted by Crippen LogP contribution is 2.29. The third-order valence-corrected chi connectivity index (χ3v) is 5.82. The van der Waals surface area contributed by atoms with Gasteiger partial charge in [0.2, 0.25) is 0 Å². The first-order chi connectivity index (χ1) is 13.8. The highest BCUT2D eigenvalue weighted by molar-refractivity contribution is 7.71. The molecule has 3 aromatic heterocycles. The highest BCUT2D eigenvalue weighted by atomic mass is 35.5. The van der Waals surface area contributed by atoms with Crippen LogP contribution in [0.3, 0.4) is 0 Å². The van der Waals surface area contributed by atoms with Crippen LogP contribution < -0.4 is 0 Å². The Morgan fingerprint density at radius 2 is 1.79 bits per heavy atom. The van der Waals surface area contributed by atoms with Gasteiger partial charge < -0.3 is 0 Å². The summed E-state index contributed by atoms with van der Waals surface area (Å²) in [6.45, 7) is 6.33. The smallest absolute Gasteiger partial charge is 0.200 e. The molecule has 0 fully saturated rings. The number of nitrogens with one attached hydrogen (secondary N) is 1. The molecular formula is C19H19Cl2N7S. The van der Waals surface area contributed by atoms with E-state index in [1.807, 2.05) is 61.3 Å². The van der Waals surface area contributed by atoms with Gasteiger partial charge in [0.05, 0.1) is 29.3 Å². The number of hydrogen-bond acceptors (Lipinski definition) is 4. The molecule has 1 aromatic carbocycles. The molecule has 0 bridgehead atoms. The van der Waals surface area contributed by atoms with E-state index in [0.29, 0.717) is 27.2 Å². The molecule has 10 heteroatoms. The van der Waals surface area contributed by atoms with Crippen LogP contribution in [0.2, 0.25) is 10.0 Å². The van der Waals surface area contributed by atoms with Crippen LogP contribution in [0, 0.1) is 25.5 Å². The molecule has 0 spiro atoms. The van der Waals surface area contributed by atoms with E-state index < -0.39 is 0 Å². The minimum absolute atomic E-state index is 0.455. The Hall–Kier alpha value is -2.42. The molecule has 0 saturated carbocycles. The summed E-state index contributed by atoms with van der Waals surface area (Å²) in [5.41, 5.74) is 5.21. The summed E-state index contributed by atoms with van der Waals surface area (Å²) in [5.74, 6) is 0.680. The second-order valence-electron chi connectivity index (χ2n) is 6.86. The molecule has 4 rings (SSSR count). The Morgan fingerprint density at radius 3 is 2.41 bits per heavy atom. The van der Waals surface area contributed by atoms with Crippen LogP contribution in [-0.4, -0.2) is 34.3 Å². The van der Waals surface area contributed by atoms with Crippen molar-refractivity contribution in [1.82, 2.24) is 34.3 Å². The predicted molar refractivity (Wildman–Crippen MR) is 117 cm³/mol. The average Bonchev–Trinajstić information content (AvgIpc) is 3.27.